The fourth-order valence-corrected chi connectivity index (χ4v) is 4.20. The number of rotatable bonds is 3. The van der Waals surface area contributed by atoms with Gasteiger partial charge in [-0.25, -0.2) is 4.98 Å². The highest BCUT2D eigenvalue weighted by atomic mass is 32.1. The molecule has 1 aromatic carbocycles. The second kappa shape index (κ2) is 6.95. The van der Waals surface area contributed by atoms with Gasteiger partial charge in [0, 0.05) is 43.2 Å². The van der Waals surface area contributed by atoms with Crippen LogP contribution in [0.15, 0.2) is 29.6 Å². The lowest BCUT2D eigenvalue weighted by Crippen LogP contribution is -2.35. The zero-order valence-electron chi connectivity index (χ0n) is 14.0. The van der Waals surface area contributed by atoms with Crippen LogP contribution in [-0.4, -0.2) is 52.9 Å². The molecule has 1 amide bonds. The molecular formula is C19H20N4OS. The molecule has 0 spiro atoms. The van der Waals surface area contributed by atoms with Gasteiger partial charge in [0.05, 0.1) is 11.6 Å². The number of nitrogens with zero attached hydrogens (tertiary/aromatic N) is 4. The van der Waals surface area contributed by atoms with E-state index < -0.39 is 0 Å². The second-order valence-electron chi connectivity index (χ2n) is 6.61. The number of nitriles is 1. The molecule has 0 radical (unpaired) electrons. The first-order valence-corrected chi connectivity index (χ1v) is 9.62. The molecule has 4 rings (SSSR count). The lowest BCUT2D eigenvalue weighted by molar-refractivity contribution is 0.0756. The molecule has 1 aliphatic carbocycles. The van der Waals surface area contributed by atoms with Crippen molar-refractivity contribution in [2.45, 2.75) is 25.3 Å². The third kappa shape index (κ3) is 3.44. The molecular weight excluding hydrogens is 332 g/mol. The molecule has 0 atom stereocenters. The quantitative estimate of drug-likeness (QED) is 0.852. The van der Waals surface area contributed by atoms with Gasteiger partial charge in [-0.1, -0.05) is 18.2 Å². The Labute approximate surface area is 151 Å². The molecule has 2 aliphatic rings. The molecule has 0 unspecified atom stereocenters. The Kier molecular flexibility index (Phi) is 4.51. The highest BCUT2D eigenvalue weighted by Crippen LogP contribution is 2.29. The Balaban J connectivity index is 1.49. The van der Waals surface area contributed by atoms with Crippen LogP contribution in [0.4, 0.5) is 0 Å². The van der Waals surface area contributed by atoms with Crippen molar-refractivity contribution in [3.05, 3.63) is 40.9 Å². The van der Waals surface area contributed by atoms with Gasteiger partial charge >= 0.3 is 0 Å². The highest BCUT2D eigenvalue weighted by Gasteiger charge is 2.31. The zero-order chi connectivity index (χ0) is 17.2. The molecule has 25 heavy (non-hydrogen) atoms. The van der Waals surface area contributed by atoms with Crippen molar-refractivity contribution < 1.29 is 4.79 Å². The summed E-state index contributed by atoms with van der Waals surface area (Å²) in [6.07, 6.45) is 3.64. The van der Waals surface area contributed by atoms with E-state index in [2.05, 4.69) is 16.0 Å². The molecule has 2 heterocycles. The number of benzene rings is 1. The molecule has 1 saturated carbocycles. The van der Waals surface area contributed by atoms with Crippen LogP contribution in [0, 0.1) is 11.3 Å². The van der Waals surface area contributed by atoms with E-state index in [0.29, 0.717) is 11.3 Å². The molecule has 128 valence electrons. The number of hydrogen-bond acceptors (Lipinski definition) is 5. The van der Waals surface area contributed by atoms with E-state index in [4.69, 9.17) is 0 Å². The average molecular weight is 352 g/mol. The minimum Gasteiger partial charge on any atom is -0.336 e. The van der Waals surface area contributed by atoms with Gasteiger partial charge in [0.2, 0.25) is 0 Å². The fraction of sp³-hybridized carbons (Fsp3) is 0.421. The van der Waals surface area contributed by atoms with Crippen LogP contribution < -0.4 is 0 Å². The molecule has 1 saturated heterocycles. The summed E-state index contributed by atoms with van der Waals surface area (Å²) in [6, 6.07) is 10.3. The van der Waals surface area contributed by atoms with Gasteiger partial charge < -0.3 is 4.90 Å². The number of carbonyl (C=O) groups is 1. The summed E-state index contributed by atoms with van der Waals surface area (Å²) >= 11 is 1.43. The fourth-order valence-electron chi connectivity index (χ4n) is 3.37. The predicted octanol–water partition coefficient (Wildman–Crippen LogP) is 2.99. The van der Waals surface area contributed by atoms with Gasteiger partial charge in [-0.2, -0.15) is 5.26 Å². The monoisotopic (exact) mass is 352 g/mol. The van der Waals surface area contributed by atoms with Gasteiger partial charge in [0.25, 0.3) is 5.91 Å². The van der Waals surface area contributed by atoms with Crippen LogP contribution in [-0.2, 0) is 0 Å². The molecule has 2 aromatic rings. The Bertz CT molecular complexity index is 821. The molecule has 0 bridgehead atoms. The maximum atomic E-state index is 12.8. The van der Waals surface area contributed by atoms with Gasteiger partial charge in [-0.05, 0) is 25.3 Å². The van der Waals surface area contributed by atoms with E-state index >= 15 is 0 Å². The van der Waals surface area contributed by atoms with Crippen molar-refractivity contribution in [3.63, 3.8) is 0 Å². The topological polar surface area (TPSA) is 60.2 Å². The third-order valence-corrected chi connectivity index (χ3v) is 5.76. The lowest BCUT2D eigenvalue weighted by atomic mass is 10.1. The molecule has 1 aromatic heterocycles. The first-order chi connectivity index (χ1) is 12.3. The number of aromatic nitrogens is 1. The summed E-state index contributed by atoms with van der Waals surface area (Å²) in [5.74, 6) is 0.00888. The first-order valence-electron chi connectivity index (χ1n) is 8.74. The summed E-state index contributed by atoms with van der Waals surface area (Å²) in [5.41, 5.74) is 1.88. The van der Waals surface area contributed by atoms with Crippen molar-refractivity contribution >= 4 is 17.2 Å². The van der Waals surface area contributed by atoms with Crippen molar-refractivity contribution in [2.24, 2.45) is 0 Å². The van der Waals surface area contributed by atoms with Crippen molar-refractivity contribution in [1.29, 1.82) is 5.26 Å². The first kappa shape index (κ1) is 16.2. The van der Waals surface area contributed by atoms with E-state index in [1.165, 1.54) is 24.2 Å². The summed E-state index contributed by atoms with van der Waals surface area (Å²) in [7, 11) is 0. The normalized spacial score (nSPS) is 18.6. The molecule has 0 N–H and O–H groups in total. The summed E-state index contributed by atoms with van der Waals surface area (Å²) < 4.78 is 0. The molecule has 6 heteroatoms. The van der Waals surface area contributed by atoms with Crippen LogP contribution in [0.2, 0.25) is 0 Å². The Morgan fingerprint density at radius 3 is 2.84 bits per heavy atom. The predicted molar refractivity (Wildman–Crippen MR) is 97.4 cm³/mol. The third-order valence-electron chi connectivity index (χ3n) is 4.88. The summed E-state index contributed by atoms with van der Waals surface area (Å²) in [4.78, 5) is 21.8. The number of hydrogen-bond donors (Lipinski definition) is 0. The van der Waals surface area contributed by atoms with Crippen LogP contribution in [0.25, 0.3) is 10.6 Å². The van der Waals surface area contributed by atoms with E-state index in [1.807, 2.05) is 28.5 Å². The van der Waals surface area contributed by atoms with Gasteiger partial charge in [-0.15, -0.1) is 11.3 Å². The van der Waals surface area contributed by atoms with E-state index in [1.54, 1.807) is 6.07 Å². The Morgan fingerprint density at radius 1 is 1.20 bits per heavy atom. The zero-order valence-corrected chi connectivity index (χ0v) is 14.8. The van der Waals surface area contributed by atoms with Crippen molar-refractivity contribution in [2.75, 3.05) is 26.2 Å². The molecule has 2 fully saturated rings. The van der Waals surface area contributed by atoms with E-state index in [-0.39, 0.29) is 5.91 Å². The second-order valence-corrected chi connectivity index (χ2v) is 7.47. The minimum absolute atomic E-state index is 0.00888. The Hall–Kier alpha value is -2.23. The maximum Gasteiger partial charge on any atom is 0.273 e. The SMILES string of the molecule is N#Cc1ccccc1-c1nc(C(=O)N2CCCN(C3CC3)CC2)cs1. The largest absolute Gasteiger partial charge is 0.336 e. The minimum atomic E-state index is 0.00888. The molecule has 1 aliphatic heterocycles. The van der Waals surface area contributed by atoms with Crippen LogP contribution in [0.3, 0.4) is 0 Å². The summed E-state index contributed by atoms with van der Waals surface area (Å²) in [5, 5.41) is 11.8. The van der Waals surface area contributed by atoms with Crippen LogP contribution in [0.5, 0.6) is 0 Å². The highest BCUT2D eigenvalue weighted by molar-refractivity contribution is 7.13. The number of carbonyl (C=O) groups excluding carboxylic acids is 1. The van der Waals surface area contributed by atoms with E-state index in [0.717, 1.165) is 49.2 Å². The van der Waals surface area contributed by atoms with E-state index in [9.17, 15) is 10.1 Å². The lowest BCUT2D eigenvalue weighted by Gasteiger charge is -2.21. The van der Waals surface area contributed by atoms with Gasteiger partial charge in [-0.3, -0.25) is 9.69 Å². The molecule has 5 nitrogen and oxygen atoms in total. The summed E-state index contributed by atoms with van der Waals surface area (Å²) in [6.45, 7) is 3.62. The number of thiazole rings is 1. The average Bonchev–Trinajstić information content (AvgIpc) is 3.42. The standard InChI is InChI=1S/C19H20N4OS/c20-12-14-4-1-2-5-16(14)18-21-17(13-25-18)19(24)23-9-3-8-22(10-11-23)15-6-7-15/h1-2,4-5,13,15H,3,6-11H2. The van der Waals surface area contributed by atoms with Crippen molar-refractivity contribution in [1.82, 2.24) is 14.8 Å². The van der Waals surface area contributed by atoms with Crippen LogP contribution >= 0.6 is 11.3 Å². The van der Waals surface area contributed by atoms with Crippen molar-refractivity contribution in [3.8, 4) is 16.6 Å². The Morgan fingerprint density at radius 2 is 2.04 bits per heavy atom. The smallest absolute Gasteiger partial charge is 0.273 e. The number of amides is 1. The van der Waals surface area contributed by atoms with Gasteiger partial charge in [0.15, 0.2) is 0 Å². The van der Waals surface area contributed by atoms with Crippen LogP contribution in [0.1, 0.15) is 35.3 Å². The van der Waals surface area contributed by atoms with Gasteiger partial charge in [0.1, 0.15) is 10.7 Å². The maximum absolute atomic E-state index is 12.8.